The summed E-state index contributed by atoms with van der Waals surface area (Å²) < 4.78 is 27.3. The molecule has 24 heavy (non-hydrogen) atoms. The van der Waals surface area contributed by atoms with Gasteiger partial charge < -0.3 is 5.32 Å². The molecule has 1 N–H and O–H groups in total. The average molecular weight is 346 g/mol. The minimum atomic E-state index is -3.21. The number of hydrogen-bond acceptors (Lipinski definition) is 4. The van der Waals surface area contributed by atoms with Gasteiger partial charge in [0, 0.05) is 48.6 Å². The topological polar surface area (TPSA) is 67.2 Å². The third-order valence-electron chi connectivity index (χ3n) is 4.88. The van der Waals surface area contributed by atoms with E-state index in [9.17, 15) is 8.42 Å². The van der Waals surface area contributed by atoms with Crippen LogP contribution in [0.15, 0.2) is 24.4 Å². The van der Waals surface area contributed by atoms with Crippen molar-refractivity contribution in [3.8, 4) is 0 Å². The number of hydrogen-bond donors (Lipinski definition) is 1. The third kappa shape index (κ3) is 2.66. The number of benzene rings is 1. The maximum atomic E-state index is 11.9. The summed E-state index contributed by atoms with van der Waals surface area (Å²) in [6, 6.07) is 5.82. The molecular weight excluding hydrogens is 324 g/mol. The van der Waals surface area contributed by atoms with Crippen molar-refractivity contribution in [1.82, 2.24) is 9.78 Å². The van der Waals surface area contributed by atoms with Gasteiger partial charge in [0.25, 0.3) is 0 Å². The summed E-state index contributed by atoms with van der Waals surface area (Å²) >= 11 is 0. The van der Waals surface area contributed by atoms with Crippen molar-refractivity contribution >= 4 is 21.4 Å². The number of fused-ring (bicyclic) bond motifs is 1. The van der Waals surface area contributed by atoms with Crippen LogP contribution >= 0.6 is 0 Å². The summed E-state index contributed by atoms with van der Waals surface area (Å²) in [7, 11) is -1.21. The first-order chi connectivity index (χ1) is 11.4. The second-order valence-electron chi connectivity index (χ2n) is 6.69. The molecule has 0 bridgehead atoms. The van der Waals surface area contributed by atoms with Gasteiger partial charge in [-0.05, 0) is 31.4 Å². The molecule has 128 valence electrons. The standard InChI is InChI=1S/C17H22N4O2S/c1-20-17(12-6-7-12)13(11-19-20)10-18-15-4-3-5-16-14(15)8-9-21(16)24(2,22)23/h3-5,11-12,18H,6-10H2,1-2H3. The lowest BCUT2D eigenvalue weighted by Gasteiger charge is -2.17. The fourth-order valence-electron chi connectivity index (χ4n) is 3.62. The van der Waals surface area contributed by atoms with E-state index in [1.54, 1.807) is 0 Å². The van der Waals surface area contributed by atoms with E-state index in [4.69, 9.17) is 0 Å². The molecule has 2 heterocycles. The van der Waals surface area contributed by atoms with Crippen LogP contribution in [0.1, 0.15) is 35.6 Å². The third-order valence-corrected chi connectivity index (χ3v) is 6.06. The quantitative estimate of drug-likeness (QED) is 0.901. The normalized spacial score (nSPS) is 17.2. The Morgan fingerprint density at radius 3 is 2.83 bits per heavy atom. The lowest BCUT2D eigenvalue weighted by atomic mass is 10.1. The number of anilines is 2. The lowest BCUT2D eigenvalue weighted by molar-refractivity contribution is 0.598. The molecule has 0 radical (unpaired) electrons. The maximum absolute atomic E-state index is 11.9. The molecule has 2 aliphatic rings. The molecule has 2 aromatic rings. The molecule has 0 saturated heterocycles. The SMILES string of the molecule is Cn1ncc(CNc2cccc3c2CCN3S(C)(=O)=O)c1C1CC1. The van der Waals surface area contributed by atoms with Gasteiger partial charge in [0.05, 0.1) is 18.1 Å². The van der Waals surface area contributed by atoms with Gasteiger partial charge in [-0.3, -0.25) is 8.99 Å². The molecule has 7 heteroatoms. The summed E-state index contributed by atoms with van der Waals surface area (Å²) in [4.78, 5) is 0. The highest BCUT2D eigenvalue weighted by atomic mass is 32.2. The first-order valence-electron chi connectivity index (χ1n) is 8.29. The highest BCUT2D eigenvalue weighted by molar-refractivity contribution is 7.92. The zero-order valence-electron chi connectivity index (χ0n) is 14.0. The number of rotatable bonds is 5. The highest BCUT2D eigenvalue weighted by Crippen LogP contribution is 2.41. The minimum Gasteiger partial charge on any atom is -0.381 e. The Bertz CT molecular complexity index is 884. The first-order valence-corrected chi connectivity index (χ1v) is 10.1. The van der Waals surface area contributed by atoms with Crippen LogP contribution in [-0.2, 0) is 30.0 Å². The fraction of sp³-hybridized carbons (Fsp3) is 0.471. The summed E-state index contributed by atoms with van der Waals surface area (Å²) in [5.41, 5.74) is 5.46. The van der Waals surface area contributed by atoms with Crippen LogP contribution in [0.2, 0.25) is 0 Å². The number of aromatic nitrogens is 2. The van der Waals surface area contributed by atoms with Crippen LogP contribution in [-0.4, -0.2) is 31.0 Å². The molecule has 6 nitrogen and oxygen atoms in total. The van der Waals surface area contributed by atoms with E-state index in [1.165, 1.54) is 34.7 Å². The molecule has 0 atom stereocenters. The van der Waals surface area contributed by atoms with Crippen molar-refractivity contribution in [3.05, 3.63) is 41.2 Å². The van der Waals surface area contributed by atoms with Crippen LogP contribution in [0.25, 0.3) is 0 Å². The van der Waals surface area contributed by atoms with E-state index in [0.29, 0.717) is 12.5 Å². The minimum absolute atomic E-state index is 0.521. The van der Waals surface area contributed by atoms with Crippen molar-refractivity contribution in [2.24, 2.45) is 7.05 Å². The number of nitrogens with one attached hydrogen (secondary N) is 1. The molecule has 0 spiro atoms. The van der Waals surface area contributed by atoms with Gasteiger partial charge in [0.15, 0.2) is 0 Å². The fourth-order valence-corrected chi connectivity index (χ4v) is 4.57. The Balaban J connectivity index is 1.58. The van der Waals surface area contributed by atoms with Gasteiger partial charge in [-0.15, -0.1) is 0 Å². The second-order valence-corrected chi connectivity index (χ2v) is 8.60. The molecule has 1 fully saturated rings. The zero-order valence-corrected chi connectivity index (χ0v) is 14.8. The molecule has 0 amide bonds. The van der Waals surface area contributed by atoms with Gasteiger partial charge in [-0.2, -0.15) is 5.10 Å². The van der Waals surface area contributed by atoms with E-state index in [-0.39, 0.29) is 0 Å². The summed E-state index contributed by atoms with van der Waals surface area (Å²) in [6.45, 7) is 1.24. The zero-order chi connectivity index (χ0) is 16.9. The molecule has 1 aromatic heterocycles. The lowest BCUT2D eigenvalue weighted by Crippen LogP contribution is -2.27. The Hall–Kier alpha value is -2.02. The Kier molecular flexibility index (Phi) is 3.56. The van der Waals surface area contributed by atoms with E-state index in [1.807, 2.05) is 36.1 Å². The molecular formula is C17H22N4O2S. The first kappa shape index (κ1) is 15.5. The van der Waals surface area contributed by atoms with Crippen LogP contribution < -0.4 is 9.62 Å². The van der Waals surface area contributed by atoms with Crippen LogP contribution in [0.4, 0.5) is 11.4 Å². The predicted octanol–water partition coefficient (Wildman–Crippen LogP) is 2.23. The Morgan fingerprint density at radius 2 is 2.12 bits per heavy atom. The van der Waals surface area contributed by atoms with E-state index >= 15 is 0 Å². The number of sulfonamides is 1. The van der Waals surface area contributed by atoms with Crippen molar-refractivity contribution in [2.45, 2.75) is 31.7 Å². The van der Waals surface area contributed by atoms with Gasteiger partial charge in [-0.1, -0.05) is 6.07 Å². The molecule has 1 aromatic carbocycles. The van der Waals surface area contributed by atoms with Gasteiger partial charge >= 0.3 is 0 Å². The van der Waals surface area contributed by atoms with Gasteiger partial charge in [-0.25, -0.2) is 8.42 Å². The van der Waals surface area contributed by atoms with Gasteiger partial charge in [0.1, 0.15) is 0 Å². The molecule has 4 rings (SSSR count). The smallest absolute Gasteiger partial charge is 0.232 e. The van der Waals surface area contributed by atoms with Gasteiger partial charge in [0.2, 0.25) is 10.0 Å². The molecule has 1 aliphatic carbocycles. The Labute approximate surface area is 142 Å². The highest BCUT2D eigenvalue weighted by Gasteiger charge is 2.30. The number of aryl methyl sites for hydroxylation is 1. The largest absolute Gasteiger partial charge is 0.381 e. The molecule has 1 saturated carbocycles. The van der Waals surface area contributed by atoms with E-state index < -0.39 is 10.0 Å². The molecule has 1 aliphatic heterocycles. The maximum Gasteiger partial charge on any atom is 0.232 e. The average Bonchev–Trinajstić information content (AvgIpc) is 3.13. The summed E-state index contributed by atoms with van der Waals surface area (Å²) in [5, 5.41) is 7.89. The predicted molar refractivity (Wildman–Crippen MR) is 94.8 cm³/mol. The second kappa shape index (κ2) is 5.51. The van der Waals surface area contributed by atoms with Crippen LogP contribution in [0.5, 0.6) is 0 Å². The van der Waals surface area contributed by atoms with Crippen molar-refractivity contribution in [3.63, 3.8) is 0 Å². The van der Waals surface area contributed by atoms with Crippen molar-refractivity contribution < 1.29 is 8.42 Å². The van der Waals surface area contributed by atoms with Crippen molar-refractivity contribution in [1.29, 1.82) is 0 Å². The summed E-state index contributed by atoms with van der Waals surface area (Å²) in [5.74, 6) is 0.650. The van der Waals surface area contributed by atoms with E-state index in [0.717, 1.165) is 29.9 Å². The van der Waals surface area contributed by atoms with Crippen LogP contribution in [0.3, 0.4) is 0 Å². The van der Waals surface area contributed by atoms with E-state index in [2.05, 4.69) is 10.4 Å². The van der Waals surface area contributed by atoms with Crippen molar-refractivity contribution in [2.75, 3.05) is 22.4 Å². The molecule has 0 unspecified atom stereocenters. The summed E-state index contributed by atoms with van der Waals surface area (Å²) in [6.07, 6.45) is 6.44. The van der Waals surface area contributed by atoms with Crippen LogP contribution in [0, 0.1) is 0 Å². The number of nitrogens with zero attached hydrogens (tertiary/aromatic N) is 3. The Morgan fingerprint density at radius 1 is 1.33 bits per heavy atom. The monoisotopic (exact) mass is 346 g/mol.